The molecule has 0 aliphatic carbocycles. The Morgan fingerprint density at radius 1 is 1.21 bits per heavy atom. The first-order valence-corrected chi connectivity index (χ1v) is 9.14. The van der Waals surface area contributed by atoms with E-state index in [4.69, 9.17) is 13.9 Å². The van der Waals surface area contributed by atoms with Crippen LogP contribution in [0.3, 0.4) is 0 Å². The first-order chi connectivity index (χ1) is 13.5. The predicted molar refractivity (Wildman–Crippen MR) is 98.7 cm³/mol. The van der Waals surface area contributed by atoms with Gasteiger partial charge in [0, 0.05) is 19.2 Å². The van der Waals surface area contributed by atoms with E-state index in [0.29, 0.717) is 24.8 Å². The smallest absolute Gasteiger partial charge is 0.374 e. The molecule has 2 aromatic rings. The highest BCUT2D eigenvalue weighted by Crippen LogP contribution is 2.18. The number of nitrogens with zero attached hydrogens (tertiary/aromatic N) is 1. The molecule has 1 aliphatic heterocycles. The molecule has 1 aromatic heterocycles. The number of likely N-dealkylation sites (tertiary alicyclic amines) is 1. The van der Waals surface area contributed by atoms with Crippen LogP contribution in [0.15, 0.2) is 39.5 Å². The Hall–Kier alpha value is -3.16. The van der Waals surface area contributed by atoms with Crippen molar-refractivity contribution in [2.24, 2.45) is 5.92 Å². The minimum absolute atomic E-state index is 0.236. The fourth-order valence-corrected chi connectivity index (χ4v) is 3.15. The van der Waals surface area contributed by atoms with Crippen molar-refractivity contribution < 1.29 is 28.3 Å². The van der Waals surface area contributed by atoms with Crippen molar-refractivity contribution in [3.05, 3.63) is 46.3 Å². The zero-order valence-corrected chi connectivity index (χ0v) is 15.5. The Balaban J connectivity index is 1.60. The molecule has 28 heavy (non-hydrogen) atoms. The van der Waals surface area contributed by atoms with Crippen molar-refractivity contribution in [1.29, 1.82) is 0 Å². The molecule has 0 unspecified atom stereocenters. The molecule has 1 saturated heterocycles. The van der Waals surface area contributed by atoms with Crippen molar-refractivity contribution in [2.45, 2.75) is 19.8 Å². The summed E-state index contributed by atoms with van der Waals surface area (Å²) in [5.74, 6) is -2.26. The summed E-state index contributed by atoms with van der Waals surface area (Å²) < 4.78 is 15.4. The van der Waals surface area contributed by atoms with Gasteiger partial charge in [0.2, 0.25) is 5.76 Å². The number of fused-ring (bicyclic) bond motifs is 1. The van der Waals surface area contributed by atoms with Gasteiger partial charge in [-0.3, -0.25) is 14.4 Å². The molecule has 3 rings (SSSR count). The summed E-state index contributed by atoms with van der Waals surface area (Å²) in [6.07, 6.45) is 1.33. The average molecular weight is 387 g/mol. The third-order valence-corrected chi connectivity index (χ3v) is 4.56. The highest BCUT2D eigenvalue weighted by molar-refractivity contribution is 5.90. The van der Waals surface area contributed by atoms with Crippen LogP contribution in [0.2, 0.25) is 0 Å². The maximum absolute atomic E-state index is 12.3. The molecular weight excluding hydrogens is 366 g/mol. The summed E-state index contributed by atoms with van der Waals surface area (Å²) >= 11 is 0. The zero-order chi connectivity index (χ0) is 20.1. The second-order valence-corrected chi connectivity index (χ2v) is 6.48. The molecule has 1 atom stereocenters. The monoisotopic (exact) mass is 387 g/mol. The highest BCUT2D eigenvalue weighted by atomic mass is 16.5. The van der Waals surface area contributed by atoms with Gasteiger partial charge in [0.1, 0.15) is 5.58 Å². The molecule has 148 valence electrons. The maximum atomic E-state index is 12.3. The number of rotatable bonds is 5. The molecule has 2 heterocycles. The Labute approximate surface area is 161 Å². The van der Waals surface area contributed by atoms with Crippen LogP contribution in [0.1, 0.15) is 30.3 Å². The SMILES string of the molecule is CCOC(=O)[C@@H]1CCCN(C(=O)COC(=O)c2cc(=O)c3ccccc3o2)C1. The molecular formula is C20H21NO7. The number of ether oxygens (including phenoxy) is 2. The average Bonchev–Trinajstić information content (AvgIpc) is 2.72. The lowest BCUT2D eigenvalue weighted by atomic mass is 9.98. The van der Waals surface area contributed by atoms with Gasteiger partial charge in [-0.25, -0.2) is 4.79 Å². The van der Waals surface area contributed by atoms with Crippen LogP contribution >= 0.6 is 0 Å². The maximum Gasteiger partial charge on any atom is 0.374 e. The van der Waals surface area contributed by atoms with E-state index in [1.54, 1.807) is 31.2 Å². The Morgan fingerprint density at radius 3 is 2.79 bits per heavy atom. The van der Waals surface area contributed by atoms with Crippen LogP contribution in [-0.2, 0) is 19.1 Å². The van der Waals surface area contributed by atoms with Gasteiger partial charge in [-0.05, 0) is 31.9 Å². The van der Waals surface area contributed by atoms with Crippen molar-refractivity contribution in [2.75, 3.05) is 26.3 Å². The van der Waals surface area contributed by atoms with Gasteiger partial charge in [-0.1, -0.05) is 12.1 Å². The lowest BCUT2D eigenvalue weighted by Gasteiger charge is -2.31. The fourth-order valence-electron chi connectivity index (χ4n) is 3.15. The fraction of sp³-hybridized carbons (Fsp3) is 0.400. The van der Waals surface area contributed by atoms with Crippen LogP contribution in [0.25, 0.3) is 11.0 Å². The van der Waals surface area contributed by atoms with Crippen molar-refractivity contribution in [1.82, 2.24) is 4.90 Å². The van der Waals surface area contributed by atoms with E-state index in [9.17, 15) is 19.2 Å². The lowest BCUT2D eigenvalue weighted by molar-refractivity contribution is -0.151. The molecule has 0 radical (unpaired) electrons. The number of para-hydroxylation sites is 1. The normalized spacial score (nSPS) is 16.6. The highest BCUT2D eigenvalue weighted by Gasteiger charge is 2.29. The third kappa shape index (κ3) is 4.39. The summed E-state index contributed by atoms with van der Waals surface area (Å²) in [6, 6.07) is 7.59. The van der Waals surface area contributed by atoms with E-state index in [1.165, 1.54) is 4.90 Å². The Morgan fingerprint density at radius 2 is 2.00 bits per heavy atom. The van der Waals surface area contributed by atoms with Crippen LogP contribution in [0.4, 0.5) is 0 Å². The Bertz CT molecular complexity index is 949. The summed E-state index contributed by atoms with van der Waals surface area (Å²) in [6.45, 7) is 2.24. The lowest BCUT2D eigenvalue weighted by Crippen LogP contribution is -2.44. The first-order valence-electron chi connectivity index (χ1n) is 9.14. The second kappa shape index (κ2) is 8.69. The van der Waals surface area contributed by atoms with E-state index in [0.717, 1.165) is 6.07 Å². The predicted octanol–water partition coefficient (Wildman–Crippen LogP) is 1.75. The number of carbonyl (C=O) groups is 3. The van der Waals surface area contributed by atoms with Crippen molar-refractivity contribution in [3.8, 4) is 0 Å². The number of amides is 1. The first kappa shape index (κ1) is 19.6. The number of hydrogen-bond acceptors (Lipinski definition) is 7. The molecule has 1 amide bonds. The number of benzene rings is 1. The van der Waals surface area contributed by atoms with Crippen LogP contribution < -0.4 is 5.43 Å². The standard InChI is InChI=1S/C20H21NO7/c1-2-26-19(24)13-6-5-9-21(11-13)18(23)12-27-20(25)17-10-15(22)14-7-3-4-8-16(14)28-17/h3-4,7-8,10,13H,2,5-6,9,11-12H2,1H3/t13-/m1/s1. The Kier molecular flexibility index (Phi) is 6.08. The van der Waals surface area contributed by atoms with Gasteiger partial charge in [-0.15, -0.1) is 0 Å². The zero-order valence-electron chi connectivity index (χ0n) is 15.5. The van der Waals surface area contributed by atoms with Crippen LogP contribution in [-0.4, -0.2) is 49.0 Å². The molecule has 0 bridgehead atoms. The molecule has 0 spiro atoms. The molecule has 1 aliphatic rings. The van der Waals surface area contributed by atoms with Gasteiger partial charge in [-0.2, -0.15) is 0 Å². The summed E-state index contributed by atoms with van der Waals surface area (Å²) in [5.41, 5.74) is -0.102. The third-order valence-electron chi connectivity index (χ3n) is 4.56. The topological polar surface area (TPSA) is 103 Å². The van der Waals surface area contributed by atoms with E-state index in [1.807, 2.05) is 0 Å². The van der Waals surface area contributed by atoms with E-state index in [2.05, 4.69) is 0 Å². The molecule has 0 N–H and O–H groups in total. The largest absolute Gasteiger partial charge is 0.466 e. The minimum atomic E-state index is -0.893. The number of piperidine rings is 1. The van der Waals surface area contributed by atoms with Crippen LogP contribution in [0, 0.1) is 5.92 Å². The molecule has 1 fully saturated rings. The summed E-state index contributed by atoms with van der Waals surface area (Å²) in [5, 5.41) is 0.355. The molecule has 8 nitrogen and oxygen atoms in total. The van der Waals surface area contributed by atoms with Gasteiger partial charge in [0.25, 0.3) is 5.91 Å². The van der Waals surface area contributed by atoms with Gasteiger partial charge >= 0.3 is 11.9 Å². The summed E-state index contributed by atoms with van der Waals surface area (Å²) in [4.78, 5) is 49.9. The minimum Gasteiger partial charge on any atom is -0.466 e. The molecule has 1 aromatic carbocycles. The quantitative estimate of drug-likeness (QED) is 0.720. The van der Waals surface area contributed by atoms with Gasteiger partial charge < -0.3 is 18.8 Å². The number of esters is 2. The van der Waals surface area contributed by atoms with E-state index >= 15 is 0 Å². The van der Waals surface area contributed by atoms with Crippen molar-refractivity contribution >= 4 is 28.8 Å². The number of carbonyl (C=O) groups excluding carboxylic acids is 3. The van der Waals surface area contributed by atoms with E-state index in [-0.39, 0.29) is 41.8 Å². The van der Waals surface area contributed by atoms with Gasteiger partial charge in [0.15, 0.2) is 12.0 Å². The van der Waals surface area contributed by atoms with E-state index < -0.39 is 18.5 Å². The van der Waals surface area contributed by atoms with Crippen molar-refractivity contribution in [3.63, 3.8) is 0 Å². The van der Waals surface area contributed by atoms with Crippen LogP contribution in [0.5, 0.6) is 0 Å². The second-order valence-electron chi connectivity index (χ2n) is 6.48. The summed E-state index contributed by atoms with van der Waals surface area (Å²) in [7, 11) is 0. The molecule has 8 heteroatoms. The number of hydrogen-bond donors (Lipinski definition) is 0. The van der Waals surface area contributed by atoms with Gasteiger partial charge in [0.05, 0.1) is 17.9 Å². The molecule has 0 saturated carbocycles.